The summed E-state index contributed by atoms with van der Waals surface area (Å²) in [4.78, 5) is 11.3. The van der Waals surface area contributed by atoms with E-state index in [0.29, 0.717) is 19.4 Å². The summed E-state index contributed by atoms with van der Waals surface area (Å²) >= 11 is 1.40. The summed E-state index contributed by atoms with van der Waals surface area (Å²) in [6, 6.07) is 0. The van der Waals surface area contributed by atoms with Gasteiger partial charge in [-0.25, -0.2) is 4.37 Å². The minimum absolute atomic E-state index is 0.0520. The molecule has 1 aromatic heterocycles. The Morgan fingerprint density at radius 3 is 3.00 bits per heavy atom. The van der Waals surface area contributed by atoms with E-state index in [1.807, 2.05) is 5.38 Å². The third-order valence-corrected chi connectivity index (χ3v) is 2.72. The summed E-state index contributed by atoms with van der Waals surface area (Å²) in [5.74, 6) is -0.0520. The van der Waals surface area contributed by atoms with Gasteiger partial charge in [0.25, 0.3) is 0 Å². The smallest absolute Gasteiger partial charge is 0.220 e. The van der Waals surface area contributed by atoms with Crippen LogP contribution < -0.4 is 5.32 Å². The highest BCUT2D eigenvalue weighted by Crippen LogP contribution is 2.02. The summed E-state index contributed by atoms with van der Waals surface area (Å²) < 4.78 is 3.96. The zero-order valence-electron chi connectivity index (χ0n) is 8.93. The lowest BCUT2D eigenvalue weighted by molar-refractivity contribution is -0.121. The highest BCUT2D eigenvalue weighted by atomic mass is 32.1. The van der Waals surface area contributed by atoms with E-state index in [0.717, 1.165) is 12.0 Å². The number of hydrogen-bond donors (Lipinski definition) is 3. The number of nitrogens with zero attached hydrogens (tertiary/aromatic N) is 1. The molecule has 0 saturated carbocycles. The van der Waals surface area contributed by atoms with Crippen molar-refractivity contribution in [3.8, 4) is 0 Å². The van der Waals surface area contributed by atoms with Crippen LogP contribution in [0, 0.1) is 0 Å². The Morgan fingerprint density at radius 2 is 2.38 bits per heavy atom. The Kier molecular flexibility index (Phi) is 5.99. The average Bonchev–Trinajstić information content (AvgIpc) is 2.70. The third kappa shape index (κ3) is 5.79. The molecule has 0 unspecified atom stereocenters. The van der Waals surface area contributed by atoms with Crippen molar-refractivity contribution in [2.75, 3.05) is 6.54 Å². The van der Waals surface area contributed by atoms with Gasteiger partial charge in [-0.15, -0.1) is 0 Å². The molecule has 0 aliphatic heterocycles. The molecule has 1 amide bonds. The molecular formula is C10H16N2O3S. The molecule has 0 bridgehead atoms. The minimum atomic E-state index is -1.32. The SMILES string of the molecule is O=C(CCCC(O)O)NCCc1cnsc1. The summed E-state index contributed by atoms with van der Waals surface area (Å²) in [6.07, 6.45) is 2.32. The molecular weight excluding hydrogens is 228 g/mol. The molecule has 1 heterocycles. The van der Waals surface area contributed by atoms with Gasteiger partial charge in [0.1, 0.15) is 0 Å². The Balaban J connectivity index is 2.02. The Hall–Kier alpha value is -0.980. The summed E-state index contributed by atoms with van der Waals surface area (Å²) in [6.45, 7) is 0.596. The van der Waals surface area contributed by atoms with Gasteiger partial charge in [0, 0.05) is 24.5 Å². The van der Waals surface area contributed by atoms with Gasteiger partial charge in [-0.3, -0.25) is 4.79 Å². The molecule has 5 nitrogen and oxygen atoms in total. The number of aromatic nitrogens is 1. The van der Waals surface area contributed by atoms with Crippen LogP contribution in [0.3, 0.4) is 0 Å². The first-order valence-electron chi connectivity index (χ1n) is 5.19. The first-order valence-corrected chi connectivity index (χ1v) is 6.03. The fourth-order valence-electron chi connectivity index (χ4n) is 1.23. The van der Waals surface area contributed by atoms with E-state index in [4.69, 9.17) is 10.2 Å². The number of hydrogen-bond acceptors (Lipinski definition) is 5. The fraction of sp³-hybridized carbons (Fsp3) is 0.600. The second-order valence-corrected chi connectivity index (χ2v) is 4.16. The lowest BCUT2D eigenvalue weighted by atomic mass is 10.2. The topological polar surface area (TPSA) is 82.5 Å². The van der Waals surface area contributed by atoms with Crippen LogP contribution in [0.4, 0.5) is 0 Å². The molecule has 0 spiro atoms. The maximum absolute atomic E-state index is 11.3. The predicted molar refractivity (Wildman–Crippen MR) is 60.9 cm³/mol. The molecule has 90 valence electrons. The molecule has 0 aliphatic rings. The van der Waals surface area contributed by atoms with Crippen LogP contribution in [0.2, 0.25) is 0 Å². The van der Waals surface area contributed by atoms with Crippen molar-refractivity contribution < 1.29 is 15.0 Å². The number of carbonyl (C=O) groups excluding carboxylic acids is 1. The van der Waals surface area contributed by atoms with Crippen molar-refractivity contribution in [2.45, 2.75) is 32.0 Å². The van der Waals surface area contributed by atoms with Crippen LogP contribution in [-0.2, 0) is 11.2 Å². The quantitative estimate of drug-likeness (QED) is 0.602. The van der Waals surface area contributed by atoms with E-state index >= 15 is 0 Å². The number of nitrogens with one attached hydrogen (secondary N) is 1. The first-order chi connectivity index (χ1) is 7.68. The van der Waals surface area contributed by atoms with Gasteiger partial charge >= 0.3 is 0 Å². The summed E-state index contributed by atoms with van der Waals surface area (Å²) in [5.41, 5.74) is 1.12. The lowest BCUT2D eigenvalue weighted by Gasteiger charge is -2.05. The highest BCUT2D eigenvalue weighted by Gasteiger charge is 2.03. The van der Waals surface area contributed by atoms with Crippen molar-refractivity contribution in [1.29, 1.82) is 0 Å². The van der Waals surface area contributed by atoms with Crippen LogP contribution in [0.1, 0.15) is 24.8 Å². The van der Waals surface area contributed by atoms with E-state index in [9.17, 15) is 4.79 Å². The van der Waals surface area contributed by atoms with Crippen LogP contribution in [-0.4, -0.2) is 33.3 Å². The molecule has 0 aliphatic carbocycles. The highest BCUT2D eigenvalue weighted by molar-refractivity contribution is 7.03. The number of amides is 1. The summed E-state index contributed by atoms with van der Waals surface area (Å²) in [7, 11) is 0. The second kappa shape index (κ2) is 7.32. The zero-order valence-corrected chi connectivity index (χ0v) is 9.74. The van der Waals surface area contributed by atoms with Crippen molar-refractivity contribution in [1.82, 2.24) is 9.69 Å². The van der Waals surface area contributed by atoms with Crippen molar-refractivity contribution in [3.63, 3.8) is 0 Å². The van der Waals surface area contributed by atoms with E-state index in [2.05, 4.69) is 9.69 Å². The van der Waals surface area contributed by atoms with Gasteiger partial charge in [-0.1, -0.05) is 0 Å². The Bertz CT molecular complexity index is 301. The van der Waals surface area contributed by atoms with E-state index in [1.54, 1.807) is 6.20 Å². The van der Waals surface area contributed by atoms with Crippen LogP contribution in [0.5, 0.6) is 0 Å². The maximum Gasteiger partial charge on any atom is 0.220 e. The molecule has 6 heteroatoms. The van der Waals surface area contributed by atoms with Gasteiger partial charge in [-0.2, -0.15) is 0 Å². The molecule has 0 radical (unpaired) electrons. The van der Waals surface area contributed by atoms with Crippen molar-refractivity contribution in [3.05, 3.63) is 17.1 Å². The molecule has 1 rings (SSSR count). The van der Waals surface area contributed by atoms with Crippen molar-refractivity contribution in [2.24, 2.45) is 0 Å². The van der Waals surface area contributed by atoms with E-state index in [-0.39, 0.29) is 12.3 Å². The third-order valence-electron chi connectivity index (χ3n) is 2.09. The van der Waals surface area contributed by atoms with Gasteiger partial charge < -0.3 is 15.5 Å². The Morgan fingerprint density at radius 1 is 1.56 bits per heavy atom. The van der Waals surface area contributed by atoms with Gasteiger partial charge in [0.15, 0.2) is 6.29 Å². The molecule has 0 saturated heterocycles. The molecule has 0 fully saturated rings. The van der Waals surface area contributed by atoms with Gasteiger partial charge in [0.05, 0.1) is 0 Å². The minimum Gasteiger partial charge on any atom is -0.368 e. The van der Waals surface area contributed by atoms with Crippen LogP contribution >= 0.6 is 11.5 Å². The second-order valence-electron chi connectivity index (χ2n) is 3.51. The zero-order chi connectivity index (χ0) is 11.8. The largest absolute Gasteiger partial charge is 0.368 e. The molecule has 16 heavy (non-hydrogen) atoms. The normalized spacial score (nSPS) is 10.7. The molecule has 0 aromatic carbocycles. The van der Waals surface area contributed by atoms with E-state index < -0.39 is 6.29 Å². The monoisotopic (exact) mass is 244 g/mol. The average molecular weight is 244 g/mol. The van der Waals surface area contributed by atoms with Crippen molar-refractivity contribution >= 4 is 17.4 Å². The summed E-state index contributed by atoms with van der Waals surface area (Å²) in [5, 5.41) is 21.9. The Labute approximate surface area is 98.3 Å². The molecule has 3 N–H and O–H groups in total. The molecule has 1 aromatic rings. The number of aliphatic hydroxyl groups is 2. The lowest BCUT2D eigenvalue weighted by Crippen LogP contribution is -2.25. The number of carbonyl (C=O) groups is 1. The van der Waals surface area contributed by atoms with Gasteiger partial charge in [0.2, 0.25) is 5.91 Å². The number of rotatable bonds is 7. The van der Waals surface area contributed by atoms with Gasteiger partial charge in [-0.05, 0) is 36.4 Å². The fourth-order valence-corrected chi connectivity index (χ4v) is 1.80. The van der Waals surface area contributed by atoms with Crippen LogP contribution in [0.15, 0.2) is 11.6 Å². The van der Waals surface area contributed by atoms with Crippen LogP contribution in [0.25, 0.3) is 0 Å². The first kappa shape index (κ1) is 13.1. The number of aliphatic hydroxyl groups excluding tert-OH is 1. The maximum atomic E-state index is 11.3. The standard InChI is InChI=1S/C10H16N2O3S/c13-9(2-1-3-10(14)15)11-5-4-8-6-12-16-7-8/h6-7,10,14-15H,1-5H2,(H,11,13). The predicted octanol–water partition coefficient (Wildman–Crippen LogP) is 0.283. The van der Waals surface area contributed by atoms with E-state index in [1.165, 1.54) is 11.5 Å². The molecule has 0 atom stereocenters.